The van der Waals surface area contributed by atoms with Gasteiger partial charge in [-0.3, -0.25) is 4.79 Å². The lowest BCUT2D eigenvalue weighted by Gasteiger charge is -2.09. The molecule has 0 aliphatic heterocycles. The molecule has 0 spiro atoms. The summed E-state index contributed by atoms with van der Waals surface area (Å²) in [6, 6.07) is 5.58. The molecule has 0 saturated heterocycles. The molecule has 0 saturated carbocycles. The summed E-state index contributed by atoms with van der Waals surface area (Å²) in [7, 11) is 0. The zero-order valence-electron chi connectivity index (χ0n) is 9.14. The zero-order chi connectivity index (χ0) is 13.1. The van der Waals surface area contributed by atoms with Crippen LogP contribution in [0.25, 0.3) is 0 Å². The lowest BCUT2D eigenvalue weighted by Crippen LogP contribution is -2.17. The van der Waals surface area contributed by atoms with Gasteiger partial charge in [0.25, 0.3) is 5.91 Å². The van der Waals surface area contributed by atoms with Gasteiger partial charge in [-0.2, -0.15) is 11.3 Å². The highest BCUT2D eigenvalue weighted by Crippen LogP contribution is 2.18. The number of nitrogens with one attached hydrogen (secondary N) is 1. The number of rotatable bonds is 3. The summed E-state index contributed by atoms with van der Waals surface area (Å²) >= 11 is 6.24. The topological polar surface area (TPSA) is 55.1 Å². The quantitative estimate of drug-likeness (QED) is 0.850. The highest BCUT2D eigenvalue weighted by Gasteiger charge is 2.11. The van der Waals surface area contributed by atoms with Crippen LogP contribution in [0.3, 0.4) is 0 Å². The third-order valence-electron chi connectivity index (χ3n) is 2.28. The number of halogens is 1. The third-order valence-corrected chi connectivity index (χ3v) is 3.18. The van der Waals surface area contributed by atoms with Gasteiger partial charge in [0.2, 0.25) is 0 Å². The Morgan fingerprint density at radius 1 is 1.39 bits per heavy atom. The number of thiophene rings is 1. The molecule has 0 atom stereocenters. The lowest BCUT2D eigenvalue weighted by atomic mass is 10.1. The molecule has 0 aliphatic carbocycles. The van der Waals surface area contributed by atoms with Crippen LogP contribution in [-0.2, 0) is 0 Å². The number of carbonyl (C=O) groups excluding carboxylic acids is 1. The van der Waals surface area contributed by atoms with Crippen molar-refractivity contribution in [3.63, 3.8) is 0 Å². The first-order chi connectivity index (χ1) is 8.58. The fourth-order valence-electron chi connectivity index (χ4n) is 1.42. The Morgan fingerprint density at radius 3 is 2.78 bits per heavy atom. The summed E-state index contributed by atoms with van der Waals surface area (Å²) in [6.45, 7) is 0. The molecule has 0 bridgehead atoms. The van der Waals surface area contributed by atoms with Crippen LogP contribution in [0.15, 0.2) is 35.0 Å². The molecule has 3 N–H and O–H groups in total. The largest absolute Gasteiger partial charge is 0.389 e. The summed E-state index contributed by atoms with van der Waals surface area (Å²) in [5, 5.41) is 6.18. The van der Waals surface area contributed by atoms with Crippen molar-refractivity contribution in [1.82, 2.24) is 0 Å². The molecule has 0 radical (unpaired) electrons. The fourth-order valence-corrected chi connectivity index (χ4v) is 2.22. The molecule has 92 valence electrons. The monoisotopic (exact) mass is 280 g/mol. The van der Waals surface area contributed by atoms with Crippen LogP contribution in [0, 0.1) is 5.82 Å². The Bertz CT molecular complexity index is 596. The number of nitrogens with two attached hydrogens (primary N) is 1. The van der Waals surface area contributed by atoms with Gasteiger partial charge >= 0.3 is 0 Å². The van der Waals surface area contributed by atoms with Crippen molar-refractivity contribution in [2.45, 2.75) is 0 Å². The minimum atomic E-state index is -0.452. The van der Waals surface area contributed by atoms with E-state index < -0.39 is 5.82 Å². The molecule has 2 rings (SSSR count). The van der Waals surface area contributed by atoms with E-state index in [1.807, 2.05) is 0 Å². The molecular weight excluding hydrogens is 271 g/mol. The van der Waals surface area contributed by atoms with E-state index in [2.05, 4.69) is 5.32 Å². The molecular formula is C12H9FN2OS2. The number of hydrogen-bond donors (Lipinski definition) is 2. The zero-order valence-corrected chi connectivity index (χ0v) is 10.8. The van der Waals surface area contributed by atoms with Crippen LogP contribution in [0.5, 0.6) is 0 Å². The third kappa shape index (κ3) is 2.72. The predicted octanol–water partition coefficient (Wildman–Crippen LogP) is 2.77. The van der Waals surface area contributed by atoms with Crippen molar-refractivity contribution in [1.29, 1.82) is 0 Å². The molecule has 1 aromatic carbocycles. The summed E-state index contributed by atoms with van der Waals surface area (Å²) in [4.78, 5) is 11.9. The summed E-state index contributed by atoms with van der Waals surface area (Å²) in [5.41, 5.74) is 6.75. The van der Waals surface area contributed by atoms with E-state index in [0.717, 1.165) is 0 Å². The molecule has 1 heterocycles. The van der Waals surface area contributed by atoms with E-state index in [0.29, 0.717) is 16.8 Å². The first kappa shape index (κ1) is 12.7. The van der Waals surface area contributed by atoms with Crippen LogP contribution < -0.4 is 11.1 Å². The minimum absolute atomic E-state index is 0.0371. The van der Waals surface area contributed by atoms with Crippen LogP contribution in [0.4, 0.5) is 10.1 Å². The van der Waals surface area contributed by atoms with Gasteiger partial charge in [-0.15, -0.1) is 0 Å². The van der Waals surface area contributed by atoms with Gasteiger partial charge < -0.3 is 11.1 Å². The number of amides is 1. The minimum Gasteiger partial charge on any atom is -0.389 e. The van der Waals surface area contributed by atoms with Crippen LogP contribution in [0.1, 0.15) is 15.9 Å². The highest BCUT2D eigenvalue weighted by molar-refractivity contribution is 7.80. The number of anilines is 1. The van der Waals surface area contributed by atoms with Crippen molar-refractivity contribution in [3.05, 3.63) is 52.0 Å². The van der Waals surface area contributed by atoms with Crippen molar-refractivity contribution in [2.75, 3.05) is 5.32 Å². The van der Waals surface area contributed by atoms with Gasteiger partial charge in [0, 0.05) is 10.9 Å². The molecule has 6 heteroatoms. The average molecular weight is 280 g/mol. The fraction of sp³-hybridized carbons (Fsp3) is 0. The van der Waals surface area contributed by atoms with E-state index in [-0.39, 0.29) is 10.9 Å². The summed E-state index contributed by atoms with van der Waals surface area (Å²) in [5.74, 6) is -0.730. The van der Waals surface area contributed by atoms with Gasteiger partial charge in [-0.25, -0.2) is 4.39 Å². The molecule has 3 nitrogen and oxygen atoms in total. The van der Waals surface area contributed by atoms with Crippen LogP contribution in [-0.4, -0.2) is 10.9 Å². The Labute approximate surface area is 112 Å². The van der Waals surface area contributed by atoms with E-state index >= 15 is 0 Å². The first-order valence-corrected chi connectivity index (χ1v) is 6.36. The number of benzene rings is 1. The molecule has 2 aromatic rings. The molecule has 18 heavy (non-hydrogen) atoms. The molecule has 0 unspecified atom stereocenters. The number of carbonyl (C=O) groups is 1. The highest BCUT2D eigenvalue weighted by atomic mass is 32.1. The molecule has 1 amide bonds. The SMILES string of the molecule is NC(=S)c1cc(F)ccc1NC(=O)c1ccsc1. The van der Waals surface area contributed by atoms with Crippen LogP contribution in [0.2, 0.25) is 0 Å². The Balaban J connectivity index is 2.29. The molecule has 0 aliphatic rings. The van der Waals surface area contributed by atoms with Crippen molar-refractivity contribution < 1.29 is 9.18 Å². The Hall–Kier alpha value is -1.79. The first-order valence-electron chi connectivity index (χ1n) is 5.01. The van der Waals surface area contributed by atoms with Gasteiger partial charge in [0.15, 0.2) is 0 Å². The van der Waals surface area contributed by atoms with Crippen molar-refractivity contribution >= 4 is 40.1 Å². The van der Waals surface area contributed by atoms with E-state index in [4.69, 9.17) is 18.0 Å². The standard InChI is InChI=1S/C12H9FN2OS2/c13-8-1-2-10(9(5-8)11(14)17)15-12(16)7-3-4-18-6-7/h1-6H,(H2,14,17)(H,15,16). The maximum atomic E-state index is 13.1. The Morgan fingerprint density at radius 2 is 2.17 bits per heavy atom. The van der Waals surface area contributed by atoms with Gasteiger partial charge in [-0.05, 0) is 29.6 Å². The van der Waals surface area contributed by atoms with Crippen molar-refractivity contribution in [2.24, 2.45) is 5.73 Å². The van der Waals surface area contributed by atoms with Gasteiger partial charge in [-0.1, -0.05) is 12.2 Å². The second kappa shape index (κ2) is 5.24. The second-order valence-electron chi connectivity index (χ2n) is 3.52. The lowest BCUT2D eigenvalue weighted by molar-refractivity contribution is 0.102. The summed E-state index contributed by atoms with van der Waals surface area (Å²) in [6.07, 6.45) is 0. The normalized spacial score (nSPS) is 10.1. The molecule has 0 fully saturated rings. The number of thiocarbonyl (C=S) groups is 1. The van der Waals surface area contributed by atoms with E-state index in [1.165, 1.54) is 29.5 Å². The number of hydrogen-bond acceptors (Lipinski definition) is 3. The second-order valence-corrected chi connectivity index (χ2v) is 4.74. The van der Waals surface area contributed by atoms with Crippen LogP contribution >= 0.6 is 23.6 Å². The predicted molar refractivity (Wildman–Crippen MR) is 74.6 cm³/mol. The molecule has 1 aromatic heterocycles. The maximum absolute atomic E-state index is 13.1. The Kier molecular flexibility index (Phi) is 3.69. The van der Waals surface area contributed by atoms with Gasteiger partial charge in [0.1, 0.15) is 10.8 Å². The summed E-state index contributed by atoms with van der Waals surface area (Å²) < 4.78 is 13.1. The van der Waals surface area contributed by atoms with E-state index in [1.54, 1.807) is 16.8 Å². The van der Waals surface area contributed by atoms with Crippen molar-refractivity contribution in [3.8, 4) is 0 Å². The smallest absolute Gasteiger partial charge is 0.256 e. The average Bonchev–Trinajstić information content (AvgIpc) is 2.84. The van der Waals surface area contributed by atoms with Gasteiger partial charge in [0.05, 0.1) is 11.3 Å². The van der Waals surface area contributed by atoms with E-state index in [9.17, 15) is 9.18 Å². The maximum Gasteiger partial charge on any atom is 0.256 e.